The Kier molecular flexibility index (Phi) is 4.10. The van der Waals surface area contributed by atoms with Crippen molar-refractivity contribution >= 4 is 21.6 Å². The lowest BCUT2D eigenvalue weighted by Crippen LogP contribution is -2.20. The van der Waals surface area contributed by atoms with Crippen LogP contribution in [-0.2, 0) is 6.54 Å². The molecule has 0 saturated carbocycles. The fourth-order valence-electron chi connectivity index (χ4n) is 3.15. The van der Waals surface area contributed by atoms with Crippen molar-refractivity contribution in [1.82, 2.24) is 19.3 Å². The van der Waals surface area contributed by atoms with E-state index in [4.69, 9.17) is 0 Å². The third-order valence-electron chi connectivity index (χ3n) is 4.56. The molecule has 3 heterocycles. The average molecular weight is 384 g/mol. The van der Waals surface area contributed by atoms with E-state index < -0.39 is 0 Å². The Morgan fingerprint density at radius 1 is 0.929 bits per heavy atom. The van der Waals surface area contributed by atoms with Crippen LogP contribution in [0.15, 0.2) is 90.1 Å². The minimum Gasteiger partial charge on any atom is -0.292 e. The third-order valence-corrected chi connectivity index (χ3v) is 5.72. The van der Waals surface area contributed by atoms with E-state index in [0.29, 0.717) is 11.2 Å². The Balaban J connectivity index is 1.48. The first-order chi connectivity index (χ1) is 13.8. The summed E-state index contributed by atoms with van der Waals surface area (Å²) in [6, 6.07) is 23.9. The Hall–Kier alpha value is -3.51. The summed E-state index contributed by atoms with van der Waals surface area (Å²) < 4.78 is 4.10. The van der Waals surface area contributed by atoms with Gasteiger partial charge in [0.05, 0.1) is 29.8 Å². The van der Waals surface area contributed by atoms with Gasteiger partial charge in [0.25, 0.3) is 5.56 Å². The molecule has 5 rings (SSSR count). The van der Waals surface area contributed by atoms with Crippen LogP contribution in [0.25, 0.3) is 26.3 Å². The van der Waals surface area contributed by atoms with Gasteiger partial charge >= 0.3 is 0 Å². The van der Waals surface area contributed by atoms with Crippen molar-refractivity contribution in [2.45, 2.75) is 6.54 Å². The first kappa shape index (κ1) is 16.6. The van der Waals surface area contributed by atoms with Gasteiger partial charge in [0, 0.05) is 11.1 Å². The first-order valence-electron chi connectivity index (χ1n) is 8.92. The van der Waals surface area contributed by atoms with Crippen molar-refractivity contribution < 1.29 is 0 Å². The topological polar surface area (TPSA) is 52.7 Å². The summed E-state index contributed by atoms with van der Waals surface area (Å²) in [5.74, 6) is 0. The molecule has 0 unspecified atom stereocenters. The number of rotatable bonds is 4. The normalized spacial score (nSPS) is 11.1. The van der Waals surface area contributed by atoms with Gasteiger partial charge in [-0.05, 0) is 29.8 Å². The fraction of sp³-hybridized carbons (Fsp3) is 0.0455. The van der Waals surface area contributed by atoms with E-state index in [2.05, 4.69) is 10.1 Å². The predicted molar refractivity (Wildman–Crippen MR) is 112 cm³/mol. The molecule has 0 spiro atoms. The van der Waals surface area contributed by atoms with Gasteiger partial charge in [-0.3, -0.25) is 9.36 Å². The molecule has 5 nitrogen and oxygen atoms in total. The Labute approximate surface area is 165 Å². The highest BCUT2D eigenvalue weighted by molar-refractivity contribution is 7.22. The number of benzene rings is 2. The van der Waals surface area contributed by atoms with Gasteiger partial charge in [0.2, 0.25) is 0 Å². The molecule has 136 valence electrons. The molecule has 0 aliphatic heterocycles. The highest BCUT2D eigenvalue weighted by Gasteiger charge is 2.11. The Morgan fingerprint density at radius 2 is 1.68 bits per heavy atom. The smallest absolute Gasteiger partial charge is 0.271 e. The van der Waals surface area contributed by atoms with Crippen LogP contribution in [-0.4, -0.2) is 19.3 Å². The molecule has 28 heavy (non-hydrogen) atoms. The molecule has 0 atom stereocenters. The molecule has 5 aromatic rings. The second-order valence-electron chi connectivity index (χ2n) is 6.46. The molecule has 0 bridgehead atoms. The molecule has 0 aliphatic carbocycles. The highest BCUT2D eigenvalue weighted by Crippen LogP contribution is 2.30. The van der Waals surface area contributed by atoms with Gasteiger partial charge < -0.3 is 0 Å². The Morgan fingerprint density at radius 3 is 2.46 bits per heavy atom. The highest BCUT2D eigenvalue weighted by atomic mass is 32.1. The SMILES string of the molecule is O=c1c2sc(-c3ccccc3)cc2ncn1Cc1ccn(-c2ccccc2)n1. The maximum atomic E-state index is 13.0. The monoisotopic (exact) mass is 384 g/mol. The molecule has 0 fully saturated rings. The summed E-state index contributed by atoms with van der Waals surface area (Å²) in [6.07, 6.45) is 3.51. The second kappa shape index (κ2) is 6.90. The van der Waals surface area contributed by atoms with Gasteiger partial charge in [-0.2, -0.15) is 5.10 Å². The molecular weight excluding hydrogens is 368 g/mol. The molecule has 3 aromatic heterocycles. The van der Waals surface area contributed by atoms with Crippen molar-refractivity contribution in [3.63, 3.8) is 0 Å². The lowest BCUT2D eigenvalue weighted by molar-refractivity contribution is 0.713. The van der Waals surface area contributed by atoms with Crippen molar-refractivity contribution in [3.05, 3.63) is 101 Å². The first-order valence-corrected chi connectivity index (χ1v) is 9.74. The minimum atomic E-state index is -0.0357. The zero-order valence-corrected chi connectivity index (χ0v) is 15.7. The molecule has 0 N–H and O–H groups in total. The van der Waals surface area contributed by atoms with E-state index in [1.807, 2.05) is 83.7 Å². The number of hydrogen-bond donors (Lipinski definition) is 0. The maximum absolute atomic E-state index is 13.0. The van der Waals surface area contributed by atoms with Crippen molar-refractivity contribution in [2.24, 2.45) is 0 Å². The van der Waals surface area contributed by atoms with Crippen LogP contribution in [0.2, 0.25) is 0 Å². The molecule has 2 aromatic carbocycles. The van der Waals surface area contributed by atoms with E-state index in [9.17, 15) is 4.79 Å². The van der Waals surface area contributed by atoms with Gasteiger partial charge in [-0.1, -0.05) is 48.5 Å². The summed E-state index contributed by atoms with van der Waals surface area (Å²) in [7, 11) is 0. The predicted octanol–water partition coefficient (Wildman–Crippen LogP) is 4.36. The molecule has 6 heteroatoms. The number of thiophene rings is 1. The zero-order chi connectivity index (χ0) is 18.9. The van der Waals surface area contributed by atoms with Crippen LogP contribution in [0.1, 0.15) is 5.69 Å². The summed E-state index contributed by atoms with van der Waals surface area (Å²) >= 11 is 1.48. The fourth-order valence-corrected chi connectivity index (χ4v) is 4.21. The van der Waals surface area contributed by atoms with Gasteiger partial charge in [0.1, 0.15) is 4.70 Å². The summed E-state index contributed by atoms with van der Waals surface area (Å²) in [5, 5.41) is 4.58. The summed E-state index contributed by atoms with van der Waals surface area (Å²) in [6.45, 7) is 0.389. The quantitative estimate of drug-likeness (QED) is 0.463. The lowest BCUT2D eigenvalue weighted by atomic mass is 10.2. The van der Waals surface area contributed by atoms with E-state index in [1.165, 1.54) is 11.3 Å². The van der Waals surface area contributed by atoms with Gasteiger partial charge in [-0.25, -0.2) is 9.67 Å². The zero-order valence-electron chi connectivity index (χ0n) is 14.9. The van der Waals surface area contributed by atoms with Crippen LogP contribution in [0.4, 0.5) is 0 Å². The molecule has 0 aliphatic rings. The number of para-hydroxylation sites is 1. The van der Waals surface area contributed by atoms with E-state index in [1.54, 1.807) is 10.9 Å². The average Bonchev–Trinajstić information content (AvgIpc) is 3.39. The van der Waals surface area contributed by atoms with Gasteiger partial charge in [-0.15, -0.1) is 11.3 Å². The van der Waals surface area contributed by atoms with Gasteiger partial charge in [0.15, 0.2) is 0 Å². The van der Waals surface area contributed by atoms with Crippen molar-refractivity contribution in [2.75, 3.05) is 0 Å². The number of hydrogen-bond acceptors (Lipinski definition) is 4. The van der Waals surface area contributed by atoms with Crippen LogP contribution in [0.5, 0.6) is 0 Å². The van der Waals surface area contributed by atoms with Crippen molar-refractivity contribution in [1.29, 1.82) is 0 Å². The number of fused-ring (bicyclic) bond motifs is 1. The third kappa shape index (κ3) is 3.04. The standard InChI is InChI=1S/C22H16N4OS/c27-22-21-19(13-20(28-21)16-7-3-1-4-8-16)23-15-25(22)14-17-11-12-26(24-17)18-9-5-2-6-10-18/h1-13,15H,14H2. The molecule has 0 amide bonds. The molecule has 0 radical (unpaired) electrons. The Bertz CT molecular complexity index is 1300. The second-order valence-corrected chi connectivity index (χ2v) is 7.51. The van der Waals surface area contributed by atoms with Crippen LogP contribution in [0, 0.1) is 0 Å². The molecule has 0 saturated heterocycles. The maximum Gasteiger partial charge on any atom is 0.271 e. The van der Waals surface area contributed by atoms with Crippen LogP contribution in [0.3, 0.4) is 0 Å². The van der Waals surface area contributed by atoms with Crippen LogP contribution >= 0.6 is 11.3 Å². The van der Waals surface area contributed by atoms with E-state index in [0.717, 1.165) is 27.3 Å². The summed E-state index contributed by atoms with van der Waals surface area (Å²) in [4.78, 5) is 18.5. The minimum absolute atomic E-state index is 0.0357. The van der Waals surface area contributed by atoms with Crippen LogP contribution < -0.4 is 5.56 Å². The van der Waals surface area contributed by atoms with E-state index >= 15 is 0 Å². The van der Waals surface area contributed by atoms with E-state index in [-0.39, 0.29) is 5.56 Å². The number of nitrogens with zero attached hydrogens (tertiary/aromatic N) is 4. The lowest BCUT2D eigenvalue weighted by Gasteiger charge is -2.03. The van der Waals surface area contributed by atoms with Crippen molar-refractivity contribution in [3.8, 4) is 16.1 Å². The molecular formula is C22H16N4OS. The largest absolute Gasteiger partial charge is 0.292 e. The summed E-state index contributed by atoms with van der Waals surface area (Å²) in [5.41, 5.74) is 3.59. The number of aromatic nitrogens is 4.